The first-order valence-electron chi connectivity index (χ1n) is 8.08. The number of nitrogens with one attached hydrogen (secondary N) is 1. The Bertz CT molecular complexity index is 714. The van der Waals surface area contributed by atoms with Crippen molar-refractivity contribution in [2.75, 3.05) is 6.54 Å². The van der Waals surface area contributed by atoms with Crippen LogP contribution in [0.5, 0.6) is 0 Å². The van der Waals surface area contributed by atoms with E-state index in [9.17, 15) is 9.59 Å². The summed E-state index contributed by atoms with van der Waals surface area (Å²) >= 11 is 0. The molecule has 126 valence electrons. The molecule has 7 nitrogen and oxygen atoms in total. The lowest BCUT2D eigenvalue weighted by Crippen LogP contribution is -2.51. The zero-order chi connectivity index (χ0) is 16.9. The molecule has 0 aliphatic carbocycles. The SMILES string of the molecule is Cc1nc(CNC(=O)C2CCCCN2C(=O)c2ccccc2)no1. The highest BCUT2D eigenvalue weighted by atomic mass is 16.5. The van der Waals surface area contributed by atoms with Crippen LogP contribution in [0.3, 0.4) is 0 Å². The second-order valence-corrected chi connectivity index (χ2v) is 5.82. The highest BCUT2D eigenvalue weighted by Gasteiger charge is 2.32. The lowest BCUT2D eigenvalue weighted by molar-refractivity contribution is -0.126. The van der Waals surface area contributed by atoms with E-state index in [1.807, 2.05) is 18.2 Å². The summed E-state index contributed by atoms with van der Waals surface area (Å²) in [7, 11) is 0. The van der Waals surface area contributed by atoms with E-state index < -0.39 is 6.04 Å². The van der Waals surface area contributed by atoms with Gasteiger partial charge in [0.05, 0.1) is 6.54 Å². The van der Waals surface area contributed by atoms with Crippen LogP contribution in [0.25, 0.3) is 0 Å². The number of aromatic nitrogens is 2. The predicted molar refractivity (Wildman–Crippen MR) is 86.0 cm³/mol. The van der Waals surface area contributed by atoms with E-state index >= 15 is 0 Å². The summed E-state index contributed by atoms with van der Waals surface area (Å²) in [4.78, 5) is 31.0. The second kappa shape index (κ2) is 7.25. The molecule has 0 saturated carbocycles. The van der Waals surface area contributed by atoms with Crippen molar-refractivity contribution in [3.05, 3.63) is 47.6 Å². The number of nitrogens with zero attached hydrogens (tertiary/aromatic N) is 3. The monoisotopic (exact) mass is 328 g/mol. The molecule has 1 saturated heterocycles. The largest absolute Gasteiger partial charge is 0.347 e. The van der Waals surface area contributed by atoms with Crippen molar-refractivity contribution in [3.63, 3.8) is 0 Å². The predicted octanol–water partition coefficient (Wildman–Crippen LogP) is 1.69. The van der Waals surface area contributed by atoms with Crippen LogP contribution >= 0.6 is 0 Å². The quantitative estimate of drug-likeness (QED) is 0.922. The third-order valence-corrected chi connectivity index (χ3v) is 4.08. The van der Waals surface area contributed by atoms with Gasteiger partial charge in [0.15, 0.2) is 5.82 Å². The lowest BCUT2D eigenvalue weighted by Gasteiger charge is -2.34. The molecular formula is C17H20N4O3. The fourth-order valence-electron chi connectivity index (χ4n) is 2.89. The maximum Gasteiger partial charge on any atom is 0.254 e. The third-order valence-electron chi connectivity index (χ3n) is 4.08. The van der Waals surface area contributed by atoms with Gasteiger partial charge in [-0.1, -0.05) is 23.4 Å². The summed E-state index contributed by atoms with van der Waals surface area (Å²) in [6, 6.07) is 8.60. The zero-order valence-electron chi connectivity index (χ0n) is 13.6. The minimum Gasteiger partial charge on any atom is -0.347 e. The number of likely N-dealkylation sites (tertiary alicyclic amines) is 1. The Hall–Kier alpha value is -2.70. The van der Waals surface area contributed by atoms with Crippen molar-refractivity contribution in [2.45, 2.75) is 38.8 Å². The van der Waals surface area contributed by atoms with Crippen LogP contribution in [-0.2, 0) is 11.3 Å². The Labute approximate surface area is 140 Å². The molecule has 1 atom stereocenters. The van der Waals surface area contributed by atoms with Gasteiger partial charge < -0.3 is 14.7 Å². The normalized spacial score (nSPS) is 17.5. The van der Waals surface area contributed by atoms with E-state index in [2.05, 4.69) is 15.5 Å². The van der Waals surface area contributed by atoms with Gasteiger partial charge in [0.25, 0.3) is 5.91 Å². The molecule has 2 amide bonds. The molecule has 1 fully saturated rings. The van der Waals surface area contributed by atoms with Crippen molar-refractivity contribution >= 4 is 11.8 Å². The molecule has 2 aromatic rings. The molecule has 2 heterocycles. The molecule has 0 spiro atoms. The van der Waals surface area contributed by atoms with Crippen LogP contribution in [0.15, 0.2) is 34.9 Å². The molecule has 1 unspecified atom stereocenters. The van der Waals surface area contributed by atoms with Gasteiger partial charge in [-0.05, 0) is 31.4 Å². The summed E-state index contributed by atoms with van der Waals surface area (Å²) in [5.74, 6) is 0.600. The topological polar surface area (TPSA) is 88.3 Å². The average molecular weight is 328 g/mol. The van der Waals surface area contributed by atoms with Crippen molar-refractivity contribution in [3.8, 4) is 0 Å². The fraction of sp³-hybridized carbons (Fsp3) is 0.412. The summed E-state index contributed by atoms with van der Waals surface area (Å²) in [5.41, 5.74) is 0.603. The van der Waals surface area contributed by atoms with Crippen LogP contribution in [0.2, 0.25) is 0 Å². The summed E-state index contributed by atoms with van der Waals surface area (Å²) in [6.45, 7) is 2.48. The molecular weight excluding hydrogens is 308 g/mol. The van der Waals surface area contributed by atoms with Gasteiger partial charge in [-0.25, -0.2) is 0 Å². The van der Waals surface area contributed by atoms with Gasteiger partial charge in [-0.15, -0.1) is 0 Å². The Morgan fingerprint density at radius 1 is 1.29 bits per heavy atom. The molecule has 1 N–H and O–H groups in total. The maximum absolute atomic E-state index is 12.7. The first-order chi connectivity index (χ1) is 11.6. The van der Waals surface area contributed by atoms with Crippen LogP contribution in [0.4, 0.5) is 0 Å². The molecule has 3 rings (SSSR count). The number of amides is 2. The average Bonchev–Trinajstić information content (AvgIpc) is 3.05. The maximum atomic E-state index is 12.7. The van der Waals surface area contributed by atoms with E-state index in [0.29, 0.717) is 30.2 Å². The highest BCUT2D eigenvalue weighted by molar-refractivity contribution is 5.97. The number of rotatable bonds is 4. The number of piperidine rings is 1. The van der Waals surface area contributed by atoms with E-state index in [1.165, 1.54) is 0 Å². The van der Waals surface area contributed by atoms with Crippen LogP contribution in [0.1, 0.15) is 41.3 Å². The smallest absolute Gasteiger partial charge is 0.254 e. The molecule has 1 aliphatic heterocycles. The van der Waals surface area contributed by atoms with E-state index in [4.69, 9.17) is 4.52 Å². The Balaban J connectivity index is 1.67. The highest BCUT2D eigenvalue weighted by Crippen LogP contribution is 2.20. The van der Waals surface area contributed by atoms with Crippen molar-refractivity contribution < 1.29 is 14.1 Å². The van der Waals surface area contributed by atoms with E-state index in [-0.39, 0.29) is 18.4 Å². The van der Waals surface area contributed by atoms with Gasteiger partial charge in [0.1, 0.15) is 6.04 Å². The summed E-state index contributed by atoms with van der Waals surface area (Å²) in [5, 5.41) is 6.55. The van der Waals surface area contributed by atoms with Gasteiger partial charge in [0.2, 0.25) is 11.8 Å². The zero-order valence-corrected chi connectivity index (χ0v) is 13.6. The number of benzene rings is 1. The first kappa shape index (κ1) is 16.2. The molecule has 24 heavy (non-hydrogen) atoms. The second-order valence-electron chi connectivity index (χ2n) is 5.82. The minimum atomic E-state index is -0.459. The molecule has 1 aliphatic rings. The Kier molecular flexibility index (Phi) is 4.88. The molecule has 0 bridgehead atoms. The van der Waals surface area contributed by atoms with Gasteiger partial charge in [-0.2, -0.15) is 4.98 Å². The van der Waals surface area contributed by atoms with Gasteiger partial charge in [0, 0.05) is 19.0 Å². The van der Waals surface area contributed by atoms with Crippen LogP contribution < -0.4 is 5.32 Å². The van der Waals surface area contributed by atoms with Crippen molar-refractivity contribution in [1.29, 1.82) is 0 Å². The number of aryl methyl sites for hydroxylation is 1. The van der Waals surface area contributed by atoms with Crippen molar-refractivity contribution in [1.82, 2.24) is 20.4 Å². The van der Waals surface area contributed by atoms with E-state index in [0.717, 1.165) is 12.8 Å². The molecule has 7 heteroatoms. The minimum absolute atomic E-state index is 0.106. The summed E-state index contributed by atoms with van der Waals surface area (Å²) in [6.07, 6.45) is 2.50. The number of hydrogen-bond acceptors (Lipinski definition) is 5. The van der Waals surface area contributed by atoms with Crippen molar-refractivity contribution in [2.24, 2.45) is 0 Å². The third kappa shape index (κ3) is 3.61. The first-order valence-corrected chi connectivity index (χ1v) is 8.08. The van der Waals surface area contributed by atoms with Gasteiger partial charge >= 0.3 is 0 Å². The Morgan fingerprint density at radius 2 is 2.08 bits per heavy atom. The number of hydrogen-bond donors (Lipinski definition) is 1. The fourth-order valence-corrected chi connectivity index (χ4v) is 2.89. The standard InChI is InChI=1S/C17H20N4O3/c1-12-19-15(20-24-12)11-18-16(22)14-9-5-6-10-21(14)17(23)13-7-3-2-4-8-13/h2-4,7-8,14H,5-6,9-11H2,1H3,(H,18,22). The lowest BCUT2D eigenvalue weighted by atomic mass is 10.00. The molecule has 1 aromatic carbocycles. The number of carbonyl (C=O) groups excluding carboxylic acids is 2. The molecule has 1 aromatic heterocycles. The van der Waals surface area contributed by atoms with Crippen LogP contribution in [-0.4, -0.2) is 39.4 Å². The van der Waals surface area contributed by atoms with E-state index in [1.54, 1.807) is 24.0 Å². The summed E-state index contributed by atoms with van der Waals surface area (Å²) < 4.78 is 4.88. The molecule has 0 radical (unpaired) electrons. The Morgan fingerprint density at radius 3 is 2.79 bits per heavy atom. The number of carbonyl (C=O) groups is 2. The van der Waals surface area contributed by atoms with Gasteiger partial charge in [-0.3, -0.25) is 9.59 Å². The van der Waals surface area contributed by atoms with Crippen LogP contribution in [0, 0.1) is 6.92 Å².